The molecule has 0 unspecified atom stereocenters. The Morgan fingerprint density at radius 2 is 1.13 bits per heavy atom. The van der Waals surface area contributed by atoms with Crippen LogP contribution in [-0.2, 0) is 0 Å². The summed E-state index contributed by atoms with van der Waals surface area (Å²) in [5.41, 5.74) is 3.89. The van der Waals surface area contributed by atoms with Crippen LogP contribution in [0.15, 0.2) is 97.2 Å². The summed E-state index contributed by atoms with van der Waals surface area (Å²) in [5, 5.41) is 10.1. The van der Waals surface area contributed by atoms with Gasteiger partial charge in [0.2, 0.25) is 0 Å². The van der Waals surface area contributed by atoms with Gasteiger partial charge in [-0.25, -0.2) is 4.98 Å². The second-order valence-corrected chi connectivity index (χ2v) is 7.91. The van der Waals surface area contributed by atoms with E-state index in [0.717, 1.165) is 22.3 Å². The minimum atomic E-state index is 0.913. The molecule has 0 saturated carbocycles. The van der Waals surface area contributed by atoms with E-state index in [1.165, 1.54) is 43.1 Å². The van der Waals surface area contributed by atoms with E-state index < -0.39 is 0 Å². The highest BCUT2D eigenvalue weighted by molar-refractivity contribution is 6.25. The van der Waals surface area contributed by atoms with Gasteiger partial charge in [0.15, 0.2) is 0 Å². The molecule has 0 aliphatic heterocycles. The number of fused-ring (bicyclic) bond motifs is 2. The Morgan fingerprint density at radius 3 is 1.93 bits per heavy atom. The number of rotatable bonds is 1. The molecule has 0 saturated heterocycles. The van der Waals surface area contributed by atoms with Crippen LogP contribution in [0, 0.1) is 0 Å². The van der Waals surface area contributed by atoms with Crippen molar-refractivity contribution in [3.05, 3.63) is 97.2 Å². The van der Waals surface area contributed by atoms with Crippen molar-refractivity contribution >= 4 is 54.1 Å². The van der Waals surface area contributed by atoms with Crippen molar-refractivity contribution in [1.29, 1.82) is 0 Å². The minimum absolute atomic E-state index is 0.913. The molecule has 0 bridgehead atoms. The molecule has 7 rings (SSSR count). The number of benzene rings is 6. The third kappa shape index (κ3) is 2.13. The van der Waals surface area contributed by atoms with Crippen molar-refractivity contribution in [3.63, 3.8) is 0 Å². The standard InChI is InChI=1S/C28H16N2/c1-2-5-21-15-25-24(14-20(21)4-1)29-16-26(30-25)22-12-10-19-9-8-17-6-3-7-18-11-13-23(22)28(19)27(17)18/h1-16H. The predicted molar refractivity (Wildman–Crippen MR) is 126 cm³/mol. The Bertz CT molecular complexity index is 1730. The quantitative estimate of drug-likeness (QED) is 0.220. The second-order valence-electron chi connectivity index (χ2n) is 7.91. The Kier molecular flexibility index (Phi) is 3.03. The molecule has 1 aromatic heterocycles. The van der Waals surface area contributed by atoms with Gasteiger partial charge in [-0.2, -0.15) is 0 Å². The van der Waals surface area contributed by atoms with Gasteiger partial charge in [0.05, 0.1) is 22.9 Å². The molecule has 0 aliphatic carbocycles. The Labute approximate surface area is 172 Å². The van der Waals surface area contributed by atoms with E-state index in [1.54, 1.807) is 0 Å². The van der Waals surface area contributed by atoms with Crippen LogP contribution in [0.25, 0.3) is 65.4 Å². The van der Waals surface area contributed by atoms with Crippen molar-refractivity contribution in [2.75, 3.05) is 0 Å². The molecule has 6 aromatic carbocycles. The maximum atomic E-state index is 5.02. The van der Waals surface area contributed by atoms with Gasteiger partial charge < -0.3 is 0 Å². The van der Waals surface area contributed by atoms with Crippen LogP contribution < -0.4 is 0 Å². The summed E-state index contributed by atoms with van der Waals surface area (Å²) in [6.07, 6.45) is 1.91. The molecule has 0 amide bonds. The van der Waals surface area contributed by atoms with E-state index in [1.807, 2.05) is 6.20 Å². The summed E-state index contributed by atoms with van der Waals surface area (Å²) in [6.45, 7) is 0. The fourth-order valence-corrected chi connectivity index (χ4v) is 4.79. The van der Waals surface area contributed by atoms with Crippen LogP contribution in [0.5, 0.6) is 0 Å². The molecular formula is C28H16N2. The number of hydrogen-bond acceptors (Lipinski definition) is 2. The molecular weight excluding hydrogens is 364 g/mol. The Balaban J connectivity index is 1.55. The Hall–Kier alpha value is -4.04. The van der Waals surface area contributed by atoms with Gasteiger partial charge in [-0.1, -0.05) is 78.9 Å². The first kappa shape index (κ1) is 15.8. The van der Waals surface area contributed by atoms with Crippen molar-refractivity contribution in [1.82, 2.24) is 9.97 Å². The minimum Gasteiger partial charge on any atom is -0.252 e. The fourth-order valence-electron chi connectivity index (χ4n) is 4.79. The second kappa shape index (κ2) is 5.74. The SMILES string of the molecule is c1ccc2cc3nc(-c4ccc5ccc6cccc7ccc4c5c67)cnc3cc2c1. The van der Waals surface area contributed by atoms with E-state index in [9.17, 15) is 0 Å². The van der Waals surface area contributed by atoms with Gasteiger partial charge in [0.25, 0.3) is 0 Å². The molecule has 0 atom stereocenters. The lowest BCUT2D eigenvalue weighted by Gasteiger charge is -2.14. The van der Waals surface area contributed by atoms with E-state index in [0.29, 0.717) is 0 Å². The summed E-state index contributed by atoms with van der Waals surface area (Å²) >= 11 is 0. The van der Waals surface area contributed by atoms with E-state index in [-0.39, 0.29) is 0 Å². The first-order chi connectivity index (χ1) is 14.8. The topological polar surface area (TPSA) is 25.8 Å². The summed E-state index contributed by atoms with van der Waals surface area (Å²) in [4.78, 5) is 9.77. The Morgan fingerprint density at radius 1 is 0.500 bits per heavy atom. The van der Waals surface area contributed by atoms with Crippen LogP contribution >= 0.6 is 0 Å². The summed E-state index contributed by atoms with van der Waals surface area (Å²) in [7, 11) is 0. The molecule has 2 nitrogen and oxygen atoms in total. The maximum absolute atomic E-state index is 5.02. The lowest BCUT2D eigenvalue weighted by molar-refractivity contribution is 1.30. The molecule has 7 aromatic rings. The molecule has 0 fully saturated rings. The smallest absolute Gasteiger partial charge is 0.0900 e. The molecule has 1 heterocycles. The third-order valence-electron chi connectivity index (χ3n) is 6.21. The number of hydrogen-bond donors (Lipinski definition) is 0. The first-order valence-electron chi connectivity index (χ1n) is 10.2. The van der Waals surface area contributed by atoms with E-state index >= 15 is 0 Å². The lowest BCUT2D eigenvalue weighted by Crippen LogP contribution is -1.92. The number of nitrogens with zero attached hydrogens (tertiary/aromatic N) is 2. The van der Waals surface area contributed by atoms with Gasteiger partial charge in [-0.15, -0.1) is 0 Å². The van der Waals surface area contributed by atoms with Crippen molar-refractivity contribution in [3.8, 4) is 11.3 Å². The van der Waals surface area contributed by atoms with E-state index in [2.05, 4.69) is 91.0 Å². The zero-order chi connectivity index (χ0) is 19.7. The summed E-state index contributed by atoms with van der Waals surface area (Å²) in [5.74, 6) is 0. The normalized spacial score (nSPS) is 12.0. The highest BCUT2D eigenvalue weighted by Gasteiger charge is 2.13. The molecule has 0 radical (unpaired) electrons. The molecule has 0 aliphatic rings. The maximum Gasteiger partial charge on any atom is 0.0900 e. The monoisotopic (exact) mass is 380 g/mol. The largest absolute Gasteiger partial charge is 0.252 e. The average Bonchev–Trinajstić information content (AvgIpc) is 2.81. The molecule has 0 N–H and O–H groups in total. The highest BCUT2D eigenvalue weighted by Crippen LogP contribution is 2.38. The zero-order valence-electron chi connectivity index (χ0n) is 16.1. The highest BCUT2D eigenvalue weighted by atomic mass is 14.8. The predicted octanol–water partition coefficient (Wildman–Crippen LogP) is 7.35. The first-order valence-corrected chi connectivity index (χ1v) is 10.2. The lowest BCUT2D eigenvalue weighted by atomic mass is 9.91. The third-order valence-corrected chi connectivity index (χ3v) is 6.21. The van der Waals surface area contributed by atoms with E-state index in [4.69, 9.17) is 9.97 Å². The van der Waals surface area contributed by atoms with Crippen molar-refractivity contribution in [2.24, 2.45) is 0 Å². The van der Waals surface area contributed by atoms with Crippen LogP contribution in [0.1, 0.15) is 0 Å². The summed E-state index contributed by atoms with van der Waals surface area (Å²) in [6, 6.07) is 32.4. The zero-order valence-corrected chi connectivity index (χ0v) is 16.1. The van der Waals surface area contributed by atoms with Gasteiger partial charge in [-0.3, -0.25) is 4.98 Å². The number of aromatic nitrogens is 2. The van der Waals surface area contributed by atoms with Gasteiger partial charge >= 0.3 is 0 Å². The van der Waals surface area contributed by atoms with Gasteiger partial charge in [0, 0.05) is 5.56 Å². The molecule has 2 heteroatoms. The van der Waals surface area contributed by atoms with Crippen LogP contribution in [-0.4, -0.2) is 9.97 Å². The van der Waals surface area contributed by atoms with Crippen LogP contribution in [0.3, 0.4) is 0 Å². The van der Waals surface area contributed by atoms with Crippen molar-refractivity contribution in [2.45, 2.75) is 0 Å². The molecule has 0 spiro atoms. The van der Waals surface area contributed by atoms with Crippen molar-refractivity contribution < 1.29 is 0 Å². The van der Waals surface area contributed by atoms with Gasteiger partial charge in [0.1, 0.15) is 0 Å². The molecule has 30 heavy (non-hydrogen) atoms. The van der Waals surface area contributed by atoms with Gasteiger partial charge in [-0.05, 0) is 55.2 Å². The summed E-state index contributed by atoms with van der Waals surface area (Å²) < 4.78 is 0. The molecule has 138 valence electrons. The fraction of sp³-hybridized carbons (Fsp3) is 0. The van der Waals surface area contributed by atoms with Crippen LogP contribution in [0.2, 0.25) is 0 Å². The van der Waals surface area contributed by atoms with Crippen LogP contribution in [0.4, 0.5) is 0 Å². The average molecular weight is 380 g/mol.